The summed E-state index contributed by atoms with van der Waals surface area (Å²) in [5.74, 6) is 0.175. The van der Waals surface area contributed by atoms with Crippen molar-refractivity contribution in [3.63, 3.8) is 0 Å². The number of carbonyl (C=O) groups excluding carboxylic acids is 1. The van der Waals surface area contributed by atoms with E-state index >= 15 is 0 Å². The van der Waals surface area contributed by atoms with Gasteiger partial charge in [-0.05, 0) is 13.0 Å². The van der Waals surface area contributed by atoms with Crippen molar-refractivity contribution in [2.24, 2.45) is 0 Å². The topological polar surface area (TPSA) is 81.3 Å². The standard InChI is InChI=1S/C13H16N4O2S/c1-8-16-9(7-20-8)6-17(2)12-4-10(13(18)19-3)11(14)5-15-12/h4-5,7H,6,14H2,1-3H3. The third-order valence-electron chi connectivity index (χ3n) is 2.78. The number of pyridine rings is 1. The average molecular weight is 292 g/mol. The number of aromatic nitrogens is 2. The van der Waals surface area contributed by atoms with E-state index in [0.717, 1.165) is 10.7 Å². The molecule has 0 radical (unpaired) electrons. The second kappa shape index (κ2) is 5.87. The van der Waals surface area contributed by atoms with Crippen molar-refractivity contribution < 1.29 is 9.53 Å². The first-order chi connectivity index (χ1) is 9.51. The highest BCUT2D eigenvalue weighted by Gasteiger charge is 2.14. The number of thiazole rings is 1. The van der Waals surface area contributed by atoms with Crippen LogP contribution in [0.4, 0.5) is 11.5 Å². The van der Waals surface area contributed by atoms with E-state index in [4.69, 9.17) is 10.5 Å². The van der Waals surface area contributed by atoms with Crippen molar-refractivity contribution in [3.05, 3.63) is 33.9 Å². The second-order valence-electron chi connectivity index (χ2n) is 4.34. The van der Waals surface area contributed by atoms with Gasteiger partial charge in [0.15, 0.2) is 0 Å². The summed E-state index contributed by atoms with van der Waals surface area (Å²) in [6.45, 7) is 2.58. The smallest absolute Gasteiger partial charge is 0.340 e. The average Bonchev–Trinajstić information content (AvgIpc) is 2.83. The van der Waals surface area contributed by atoms with Crippen molar-refractivity contribution in [2.45, 2.75) is 13.5 Å². The first-order valence-corrected chi connectivity index (χ1v) is 6.85. The van der Waals surface area contributed by atoms with Crippen LogP contribution in [-0.4, -0.2) is 30.1 Å². The predicted molar refractivity (Wildman–Crippen MR) is 78.9 cm³/mol. The zero-order valence-electron chi connectivity index (χ0n) is 11.6. The van der Waals surface area contributed by atoms with Gasteiger partial charge in [-0.3, -0.25) is 0 Å². The summed E-state index contributed by atoms with van der Waals surface area (Å²) in [6.07, 6.45) is 1.46. The minimum absolute atomic E-state index is 0.304. The summed E-state index contributed by atoms with van der Waals surface area (Å²) in [6, 6.07) is 1.63. The summed E-state index contributed by atoms with van der Waals surface area (Å²) in [4.78, 5) is 22.1. The maximum atomic E-state index is 11.6. The van der Waals surface area contributed by atoms with Gasteiger partial charge in [0, 0.05) is 12.4 Å². The molecule has 7 heteroatoms. The van der Waals surface area contributed by atoms with E-state index in [1.165, 1.54) is 13.3 Å². The van der Waals surface area contributed by atoms with Gasteiger partial charge in [-0.1, -0.05) is 0 Å². The lowest BCUT2D eigenvalue weighted by molar-refractivity contribution is 0.0602. The summed E-state index contributed by atoms with van der Waals surface area (Å²) in [7, 11) is 3.21. The lowest BCUT2D eigenvalue weighted by atomic mass is 10.2. The molecule has 2 aromatic heterocycles. The number of carbonyl (C=O) groups is 1. The highest BCUT2D eigenvalue weighted by molar-refractivity contribution is 7.09. The number of nitrogens with zero attached hydrogens (tertiary/aromatic N) is 3. The van der Waals surface area contributed by atoms with Crippen LogP contribution in [0.5, 0.6) is 0 Å². The lowest BCUT2D eigenvalue weighted by Crippen LogP contribution is -2.19. The van der Waals surface area contributed by atoms with E-state index in [2.05, 4.69) is 9.97 Å². The van der Waals surface area contributed by atoms with Gasteiger partial charge in [0.25, 0.3) is 0 Å². The molecule has 0 aliphatic rings. The molecular formula is C13H16N4O2S. The van der Waals surface area contributed by atoms with Crippen LogP contribution in [0.3, 0.4) is 0 Å². The van der Waals surface area contributed by atoms with Crippen molar-refractivity contribution >= 4 is 28.8 Å². The molecule has 0 bridgehead atoms. The first kappa shape index (κ1) is 14.3. The van der Waals surface area contributed by atoms with Gasteiger partial charge in [-0.2, -0.15) is 0 Å². The molecule has 0 unspecified atom stereocenters. The molecule has 0 saturated heterocycles. The predicted octanol–water partition coefficient (Wildman–Crippen LogP) is 1.85. The third kappa shape index (κ3) is 3.05. The third-order valence-corrected chi connectivity index (χ3v) is 3.60. The molecule has 0 aromatic carbocycles. The van der Waals surface area contributed by atoms with Crippen molar-refractivity contribution in [3.8, 4) is 0 Å². The number of anilines is 2. The molecule has 2 aromatic rings. The molecule has 0 spiro atoms. The van der Waals surface area contributed by atoms with Crippen LogP contribution in [-0.2, 0) is 11.3 Å². The van der Waals surface area contributed by atoms with E-state index in [1.807, 2.05) is 24.3 Å². The number of nitrogen functional groups attached to an aromatic ring is 1. The number of ether oxygens (including phenoxy) is 1. The molecule has 0 fully saturated rings. The lowest BCUT2D eigenvalue weighted by Gasteiger charge is -2.18. The molecule has 2 heterocycles. The molecule has 0 amide bonds. The summed E-state index contributed by atoms with van der Waals surface area (Å²) >= 11 is 1.60. The Hall–Kier alpha value is -2.15. The second-order valence-corrected chi connectivity index (χ2v) is 5.40. The Bertz CT molecular complexity index is 627. The SMILES string of the molecule is COC(=O)c1cc(N(C)Cc2csc(C)n2)ncc1N. The van der Waals surface area contributed by atoms with Crippen molar-refractivity contribution in [1.29, 1.82) is 0 Å². The molecule has 106 valence electrons. The molecule has 0 aliphatic heterocycles. The highest BCUT2D eigenvalue weighted by Crippen LogP contribution is 2.20. The molecule has 20 heavy (non-hydrogen) atoms. The van der Waals surface area contributed by atoms with Gasteiger partial charge in [0.1, 0.15) is 5.82 Å². The van der Waals surface area contributed by atoms with Gasteiger partial charge < -0.3 is 15.4 Å². The van der Waals surface area contributed by atoms with Gasteiger partial charge in [0.05, 0.1) is 41.8 Å². The normalized spacial score (nSPS) is 10.3. The largest absolute Gasteiger partial charge is 0.465 e. The van der Waals surface area contributed by atoms with Crippen LogP contribution in [0.25, 0.3) is 0 Å². The Morgan fingerprint density at radius 1 is 1.55 bits per heavy atom. The van der Waals surface area contributed by atoms with Crippen LogP contribution >= 0.6 is 11.3 Å². The highest BCUT2D eigenvalue weighted by atomic mass is 32.1. The number of rotatable bonds is 4. The number of hydrogen-bond acceptors (Lipinski definition) is 7. The molecule has 6 nitrogen and oxygen atoms in total. The van der Waals surface area contributed by atoms with Gasteiger partial charge in [0.2, 0.25) is 0 Å². The number of esters is 1. The first-order valence-electron chi connectivity index (χ1n) is 5.97. The molecule has 0 aliphatic carbocycles. The number of hydrogen-bond donors (Lipinski definition) is 1. The number of methoxy groups -OCH3 is 1. The quantitative estimate of drug-likeness (QED) is 0.866. The van der Waals surface area contributed by atoms with Gasteiger partial charge in [-0.25, -0.2) is 14.8 Å². The monoisotopic (exact) mass is 292 g/mol. The van der Waals surface area contributed by atoms with Crippen LogP contribution in [0, 0.1) is 6.92 Å². The maximum absolute atomic E-state index is 11.6. The van der Waals surface area contributed by atoms with E-state index in [1.54, 1.807) is 17.4 Å². The molecule has 2 rings (SSSR count). The molecule has 0 saturated carbocycles. The van der Waals surface area contributed by atoms with Crippen LogP contribution in [0.1, 0.15) is 21.1 Å². The fourth-order valence-electron chi connectivity index (χ4n) is 1.76. The Labute approximate surface area is 121 Å². The Morgan fingerprint density at radius 3 is 2.90 bits per heavy atom. The fourth-order valence-corrected chi connectivity index (χ4v) is 2.36. The summed E-state index contributed by atoms with van der Waals surface area (Å²) in [5, 5.41) is 3.03. The van der Waals surface area contributed by atoms with Crippen molar-refractivity contribution in [1.82, 2.24) is 9.97 Å². The Morgan fingerprint density at radius 2 is 2.30 bits per heavy atom. The van der Waals surface area contributed by atoms with E-state index in [-0.39, 0.29) is 0 Å². The van der Waals surface area contributed by atoms with Gasteiger partial charge >= 0.3 is 5.97 Å². The number of nitrogens with two attached hydrogens (primary N) is 1. The fraction of sp³-hybridized carbons (Fsp3) is 0.308. The zero-order valence-corrected chi connectivity index (χ0v) is 12.4. The molecular weight excluding hydrogens is 276 g/mol. The van der Waals surface area contributed by atoms with Gasteiger partial charge in [-0.15, -0.1) is 11.3 Å². The van der Waals surface area contributed by atoms with Crippen LogP contribution < -0.4 is 10.6 Å². The van der Waals surface area contributed by atoms with Crippen molar-refractivity contribution in [2.75, 3.05) is 24.8 Å². The Balaban J connectivity index is 2.21. The minimum atomic E-state index is -0.468. The zero-order chi connectivity index (χ0) is 14.7. The molecule has 0 atom stereocenters. The minimum Gasteiger partial charge on any atom is -0.465 e. The summed E-state index contributed by atoms with van der Waals surface area (Å²) < 4.78 is 4.70. The maximum Gasteiger partial charge on any atom is 0.340 e. The van der Waals surface area contributed by atoms with Crippen LogP contribution in [0.15, 0.2) is 17.6 Å². The summed E-state index contributed by atoms with van der Waals surface area (Å²) in [5.41, 5.74) is 7.32. The molecule has 2 N–H and O–H groups in total. The van der Waals surface area contributed by atoms with Crippen LogP contribution in [0.2, 0.25) is 0 Å². The Kier molecular flexibility index (Phi) is 4.19. The van der Waals surface area contributed by atoms with E-state index in [9.17, 15) is 4.79 Å². The number of aryl methyl sites for hydroxylation is 1. The van der Waals surface area contributed by atoms with E-state index in [0.29, 0.717) is 23.6 Å². The van der Waals surface area contributed by atoms with E-state index < -0.39 is 5.97 Å².